The van der Waals surface area contributed by atoms with Crippen LogP contribution in [0.5, 0.6) is 11.5 Å². The van der Waals surface area contributed by atoms with E-state index >= 15 is 0 Å². The Morgan fingerprint density at radius 1 is 1.37 bits per heavy atom. The summed E-state index contributed by atoms with van der Waals surface area (Å²) in [5, 5.41) is 18.1. The Balaban J connectivity index is 3.36. The molecule has 98 valence electrons. The molecule has 0 aromatic heterocycles. The van der Waals surface area contributed by atoms with Gasteiger partial charge in [0.15, 0.2) is 11.5 Å². The molecule has 0 atom stereocenters. The normalized spacial score (nSPS) is 9.11. The Morgan fingerprint density at radius 2 is 2.05 bits per heavy atom. The molecule has 0 saturated heterocycles. The van der Waals surface area contributed by atoms with Crippen molar-refractivity contribution in [3.63, 3.8) is 0 Å². The summed E-state index contributed by atoms with van der Waals surface area (Å²) in [7, 11) is 1.51. The topological polar surface area (TPSA) is 66.0 Å². The lowest BCUT2D eigenvalue weighted by Crippen LogP contribution is -2.00. The summed E-state index contributed by atoms with van der Waals surface area (Å²) in [5.41, 5.74) is 0.529. The SMILES string of the molecule is CCCOc1c(C=C(C#N)C#N)cc(Cl)cc1OC. The van der Waals surface area contributed by atoms with E-state index in [-0.39, 0.29) is 5.57 Å². The van der Waals surface area contributed by atoms with E-state index < -0.39 is 0 Å². The summed E-state index contributed by atoms with van der Waals surface area (Å²) in [4.78, 5) is 0. The summed E-state index contributed by atoms with van der Waals surface area (Å²) in [6.45, 7) is 2.49. The Morgan fingerprint density at radius 3 is 2.58 bits per heavy atom. The Hall–Kier alpha value is -2.17. The van der Waals surface area contributed by atoms with Crippen molar-refractivity contribution in [2.24, 2.45) is 0 Å². The standard InChI is InChI=1S/C14H13ClN2O2/c1-3-4-19-14-11(5-10(8-16)9-17)6-12(15)7-13(14)18-2/h5-7H,3-4H2,1-2H3. The lowest BCUT2D eigenvalue weighted by Gasteiger charge is -2.13. The molecule has 1 rings (SSSR count). The number of methoxy groups -OCH3 is 1. The van der Waals surface area contributed by atoms with Crippen LogP contribution in [0.4, 0.5) is 0 Å². The highest BCUT2D eigenvalue weighted by Crippen LogP contribution is 2.36. The van der Waals surface area contributed by atoms with Gasteiger partial charge in [-0.15, -0.1) is 0 Å². The molecule has 1 aromatic carbocycles. The quantitative estimate of drug-likeness (QED) is 0.771. The Kier molecular flexibility index (Phi) is 5.73. The van der Waals surface area contributed by atoms with Crippen molar-refractivity contribution in [1.29, 1.82) is 10.5 Å². The van der Waals surface area contributed by atoms with Crippen LogP contribution >= 0.6 is 11.6 Å². The fourth-order valence-corrected chi connectivity index (χ4v) is 1.67. The second-order valence-corrected chi connectivity index (χ2v) is 4.09. The first-order chi connectivity index (χ1) is 9.15. The molecule has 0 N–H and O–H groups in total. The molecule has 4 nitrogen and oxygen atoms in total. The monoisotopic (exact) mass is 276 g/mol. The molecule has 0 saturated carbocycles. The van der Waals surface area contributed by atoms with Gasteiger partial charge in [0, 0.05) is 16.7 Å². The molecule has 0 aliphatic rings. The van der Waals surface area contributed by atoms with Crippen molar-refractivity contribution in [3.8, 4) is 23.6 Å². The molecule has 0 bridgehead atoms. The maximum atomic E-state index is 8.80. The number of hydrogen-bond donors (Lipinski definition) is 0. The highest BCUT2D eigenvalue weighted by atomic mass is 35.5. The first kappa shape index (κ1) is 14.9. The minimum absolute atomic E-state index is 0.0225. The van der Waals surface area contributed by atoms with Crippen molar-refractivity contribution >= 4 is 17.7 Å². The third kappa shape index (κ3) is 3.91. The summed E-state index contributed by atoms with van der Waals surface area (Å²) in [6, 6.07) is 6.86. The fraction of sp³-hybridized carbons (Fsp3) is 0.286. The molecule has 0 aliphatic heterocycles. The van der Waals surface area contributed by atoms with Gasteiger partial charge in [-0.3, -0.25) is 0 Å². The minimum atomic E-state index is -0.0225. The van der Waals surface area contributed by atoms with E-state index in [1.54, 1.807) is 24.3 Å². The number of ether oxygens (including phenoxy) is 2. The van der Waals surface area contributed by atoms with Gasteiger partial charge in [0.1, 0.15) is 17.7 Å². The van der Waals surface area contributed by atoms with Crippen molar-refractivity contribution in [1.82, 2.24) is 0 Å². The lowest BCUT2D eigenvalue weighted by molar-refractivity contribution is 0.293. The average molecular weight is 277 g/mol. The zero-order valence-corrected chi connectivity index (χ0v) is 11.5. The van der Waals surface area contributed by atoms with E-state index in [1.165, 1.54) is 13.2 Å². The summed E-state index contributed by atoms with van der Waals surface area (Å²) in [5.74, 6) is 0.958. The van der Waals surface area contributed by atoms with Gasteiger partial charge in [-0.25, -0.2) is 0 Å². The molecule has 0 radical (unpaired) electrons. The molecule has 19 heavy (non-hydrogen) atoms. The van der Waals surface area contributed by atoms with E-state index in [1.807, 2.05) is 6.92 Å². The third-order valence-corrected chi connectivity index (χ3v) is 2.48. The second kappa shape index (κ2) is 7.31. The van der Waals surface area contributed by atoms with Gasteiger partial charge in [0.25, 0.3) is 0 Å². The number of allylic oxidation sites excluding steroid dienone is 1. The van der Waals surface area contributed by atoms with Crippen LogP contribution in [0.1, 0.15) is 18.9 Å². The first-order valence-corrected chi connectivity index (χ1v) is 6.06. The summed E-state index contributed by atoms with van der Waals surface area (Å²) < 4.78 is 10.8. The molecule has 1 aromatic rings. The molecule has 0 amide bonds. The predicted octanol–water partition coefficient (Wildman–Crippen LogP) is 3.57. The maximum Gasteiger partial charge on any atom is 0.168 e. The molecule has 0 spiro atoms. The number of nitriles is 2. The predicted molar refractivity (Wildman–Crippen MR) is 73.0 cm³/mol. The molecule has 5 heteroatoms. The smallest absolute Gasteiger partial charge is 0.168 e. The number of halogens is 1. The van der Waals surface area contributed by atoms with Gasteiger partial charge in [-0.05, 0) is 18.6 Å². The molecular formula is C14H13ClN2O2. The van der Waals surface area contributed by atoms with Gasteiger partial charge in [-0.2, -0.15) is 10.5 Å². The summed E-state index contributed by atoms with van der Waals surface area (Å²) >= 11 is 5.97. The van der Waals surface area contributed by atoms with Crippen LogP contribution in [0, 0.1) is 22.7 Å². The number of hydrogen-bond acceptors (Lipinski definition) is 4. The van der Waals surface area contributed by atoms with Crippen LogP contribution in [0.25, 0.3) is 6.08 Å². The molecule has 0 aliphatic carbocycles. The van der Waals surface area contributed by atoms with Crippen molar-refractivity contribution in [2.75, 3.05) is 13.7 Å². The highest BCUT2D eigenvalue weighted by molar-refractivity contribution is 6.31. The van der Waals surface area contributed by atoms with Crippen molar-refractivity contribution in [3.05, 3.63) is 28.3 Å². The number of nitrogens with zero attached hydrogens (tertiary/aromatic N) is 2. The van der Waals surface area contributed by atoms with Gasteiger partial charge in [0.2, 0.25) is 0 Å². The van der Waals surface area contributed by atoms with E-state index in [9.17, 15) is 0 Å². The Bertz CT molecular complexity index is 552. The summed E-state index contributed by atoms with van der Waals surface area (Å²) in [6.07, 6.45) is 2.26. The number of benzene rings is 1. The van der Waals surface area contributed by atoms with Crippen molar-refractivity contribution in [2.45, 2.75) is 13.3 Å². The average Bonchev–Trinajstić information content (AvgIpc) is 2.42. The van der Waals surface area contributed by atoms with E-state index in [2.05, 4.69) is 0 Å². The Labute approximate surface area is 117 Å². The van der Waals surface area contributed by atoms with E-state index in [0.29, 0.717) is 28.7 Å². The van der Waals surface area contributed by atoms with Crippen LogP contribution in [0.15, 0.2) is 17.7 Å². The van der Waals surface area contributed by atoms with Crippen LogP contribution in [-0.4, -0.2) is 13.7 Å². The fourth-order valence-electron chi connectivity index (χ4n) is 1.45. The number of rotatable bonds is 5. The van der Waals surface area contributed by atoms with Gasteiger partial charge in [-0.1, -0.05) is 18.5 Å². The zero-order chi connectivity index (χ0) is 14.3. The van der Waals surface area contributed by atoms with Crippen molar-refractivity contribution < 1.29 is 9.47 Å². The van der Waals surface area contributed by atoms with Crippen LogP contribution in [0.2, 0.25) is 5.02 Å². The zero-order valence-electron chi connectivity index (χ0n) is 10.7. The van der Waals surface area contributed by atoms with Crippen LogP contribution in [-0.2, 0) is 0 Å². The van der Waals surface area contributed by atoms with Gasteiger partial charge >= 0.3 is 0 Å². The largest absolute Gasteiger partial charge is 0.493 e. The molecule has 0 heterocycles. The van der Waals surface area contributed by atoms with E-state index in [4.69, 9.17) is 31.6 Å². The molecule has 0 fully saturated rings. The minimum Gasteiger partial charge on any atom is -0.493 e. The highest BCUT2D eigenvalue weighted by Gasteiger charge is 2.12. The van der Waals surface area contributed by atoms with Gasteiger partial charge < -0.3 is 9.47 Å². The lowest BCUT2D eigenvalue weighted by atomic mass is 10.1. The maximum absolute atomic E-state index is 8.80. The molecular weight excluding hydrogens is 264 g/mol. The van der Waals surface area contributed by atoms with E-state index in [0.717, 1.165) is 6.42 Å². The third-order valence-electron chi connectivity index (χ3n) is 2.26. The van der Waals surface area contributed by atoms with Crippen LogP contribution < -0.4 is 9.47 Å². The van der Waals surface area contributed by atoms with Crippen LogP contribution in [0.3, 0.4) is 0 Å². The second-order valence-electron chi connectivity index (χ2n) is 3.66. The van der Waals surface area contributed by atoms with Gasteiger partial charge in [0.05, 0.1) is 13.7 Å². The first-order valence-electron chi connectivity index (χ1n) is 5.68. The molecule has 0 unspecified atom stereocenters.